The maximum Gasteiger partial charge on any atom is 0.125 e. The summed E-state index contributed by atoms with van der Waals surface area (Å²) in [5.41, 5.74) is 10.7. The normalized spacial score (nSPS) is 15.2. The molecule has 19 heavy (non-hydrogen) atoms. The highest BCUT2D eigenvalue weighted by Gasteiger charge is 2.18. The lowest BCUT2D eigenvalue weighted by molar-refractivity contribution is 0.242. The summed E-state index contributed by atoms with van der Waals surface area (Å²) < 4.78 is 0. The summed E-state index contributed by atoms with van der Waals surface area (Å²) >= 11 is 0. The van der Waals surface area contributed by atoms with Crippen LogP contribution in [0.25, 0.3) is 0 Å². The fourth-order valence-corrected chi connectivity index (χ4v) is 2.65. The molecule has 0 spiro atoms. The molecule has 4 heteroatoms. The third-order valence-electron chi connectivity index (χ3n) is 3.60. The molecule has 0 amide bonds. The van der Waals surface area contributed by atoms with E-state index in [1.165, 1.54) is 11.1 Å². The predicted octanol–water partition coefficient (Wildman–Crippen LogP) is 1.93. The van der Waals surface area contributed by atoms with Gasteiger partial charge in [0.1, 0.15) is 5.82 Å². The first-order valence-electron chi connectivity index (χ1n) is 6.59. The number of aryl methyl sites for hydroxylation is 1. The number of anilines is 1. The van der Waals surface area contributed by atoms with E-state index < -0.39 is 0 Å². The van der Waals surface area contributed by atoms with E-state index in [1.54, 1.807) is 0 Å². The number of hydrogen-bond acceptors (Lipinski definition) is 4. The topological polar surface area (TPSA) is 55.0 Å². The van der Waals surface area contributed by atoms with Gasteiger partial charge in [-0.05, 0) is 36.6 Å². The van der Waals surface area contributed by atoms with Gasteiger partial charge in [0.05, 0.1) is 5.69 Å². The van der Waals surface area contributed by atoms with Gasteiger partial charge in [0.25, 0.3) is 0 Å². The van der Waals surface area contributed by atoms with Gasteiger partial charge in [-0.25, -0.2) is 9.97 Å². The Hall–Kier alpha value is -1.94. The van der Waals surface area contributed by atoms with Gasteiger partial charge >= 0.3 is 0 Å². The average molecular weight is 254 g/mol. The SMILES string of the molecule is Cc1nccc(CN2CCc3c(N)cccc3C2)n1. The number of nitrogens with zero attached hydrogens (tertiary/aromatic N) is 3. The van der Waals surface area contributed by atoms with E-state index in [2.05, 4.69) is 20.9 Å². The largest absolute Gasteiger partial charge is 0.398 e. The fourth-order valence-electron chi connectivity index (χ4n) is 2.65. The summed E-state index contributed by atoms with van der Waals surface area (Å²) in [6.07, 6.45) is 2.85. The minimum absolute atomic E-state index is 0.833. The number of nitrogen functional groups attached to an aromatic ring is 1. The maximum atomic E-state index is 6.02. The molecule has 1 aliphatic heterocycles. The highest BCUT2D eigenvalue weighted by atomic mass is 15.1. The van der Waals surface area contributed by atoms with Crippen LogP contribution < -0.4 is 5.73 Å². The predicted molar refractivity (Wildman–Crippen MR) is 75.4 cm³/mol. The Morgan fingerprint density at radius 2 is 2.21 bits per heavy atom. The molecule has 0 aliphatic carbocycles. The van der Waals surface area contributed by atoms with Crippen LogP contribution in [-0.2, 0) is 19.5 Å². The van der Waals surface area contributed by atoms with Crippen LogP contribution in [0.4, 0.5) is 5.69 Å². The van der Waals surface area contributed by atoms with E-state index in [0.29, 0.717) is 0 Å². The molecule has 0 saturated heterocycles. The summed E-state index contributed by atoms with van der Waals surface area (Å²) in [6.45, 7) is 4.78. The lowest BCUT2D eigenvalue weighted by Gasteiger charge is -2.29. The lowest BCUT2D eigenvalue weighted by atomic mass is 9.98. The van der Waals surface area contributed by atoms with Crippen molar-refractivity contribution in [1.82, 2.24) is 14.9 Å². The van der Waals surface area contributed by atoms with Crippen LogP contribution in [-0.4, -0.2) is 21.4 Å². The number of rotatable bonds is 2. The molecule has 0 atom stereocenters. The van der Waals surface area contributed by atoms with Crippen molar-refractivity contribution in [1.29, 1.82) is 0 Å². The van der Waals surface area contributed by atoms with Crippen molar-refractivity contribution in [2.24, 2.45) is 0 Å². The van der Waals surface area contributed by atoms with Gasteiger partial charge in [-0.15, -0.1) is 0 Å². The Balaban J connectivity index is 1.76. The zero-order valence-electron chi connectivity index (χ0n) is 11.1. The summed E-state index contributed by atoms with van der Waals surface area (Å²) in [5, 5.41) is 0. The van der Waals surface area contributed by atoms with Crippen molar-refractivity contribution in [3.63, 3.8) is 0 Å². The van der Waals surface area contributed by atoms with Crippen molar-refractivity contribution in [2.45, 2.75) is 26.4 Å². The third kappa shape index (κ3) is 2.58. The summed E-state index contributed by atoms with van der Waals surface area (Å²) in [4.78, 5) is 11.0. The van der Waals surface area contributed by atoms with Gasteiger partial charge < -0.3 is 5.73 Å². The molecule has 1 aromatic carbocycles. The molecule has 2 aromatic rings. The summed E-state index contributed by atoms with van der Waals surface area (Å²) in [7, 11) is 0. The van der Waals surface area contributed by atoms with E-state index in [1.807, 2.05) is 31.3 Å². The Morgan fingerprint density at radius 3 is 3.05 bits per heavy atom. The van der Waals surface area contributed by atoms with Gasteiger partial charge in [-0.2, -0.15) is 0 Å². The molecule has 1 aliphatic rings. The molecule has 1 aromatic heterocycles. The third-order valence-corrected chi connectivity index (χ3v) is 3.60. The zero-order valence-corrected chi connectivity index (χ0v) is 11.1. The second-order valence-electron chi connectivity index (χ2n) is 5.04. The second kappa shape index (κ2) is 4.97. The maximum absolute atomic E-state index is 6.02. The molecular formula is C15H18N4. The molecule has 0 saturated carbocycles. The highest BCUT2D eigenvalue weighted by Crippen LogP contribution is 2.24. The van der Waals surface area contributed by atoms with Crippen molar-refractivity contribution >= 4 is 5.69 Å². The number of aromatic nitrogens is 2. The van der Waals surface area contributed by atoms with Gasteiger partial charge in [0, 0.05) is 31.5 Å². The van der Waals surface area contributed by atoms with Gasteiger partial charge in [0.2, 0.25) is 0 Å². The zero-order chi connectivity index (χ0) is 13.2. The number of hydrogen-bond donors (Lipinski definition) is 1. The first-order valence-corrected chi connectivity index (χ1v) is 6.59. The van der Waals surface area contributed by atoms with Gasteiger partial charge in [-0.1, -0.05) is 12.1 Å². The smallest absolute Gasteiger partial charge is 0.125 e. The van der Waals surface area contributed by atoms with Gasteiger partial charge in [0.15, 0.2) is 0 Å². The minimum Gasteiger partial charge on any atom is -0.398 e. The minimum atomic E-state index is 0.833. The van der Waals surface area contributed by atoms with E-state index in [-0.39, 0.29) is 0 Å². The Labute approximate surface area is 113 Å². The summed E-state index contributed by atoms with van der Waals surface area (Å²) in [5.74, 6) is 0.833. The van der Waals surface area contributed by atoms with Crippen LogP contribution in [0.1, 0.15) is 22.6 Å². The Morgan fingerprint density at radius 1 is 1.32 bits per heavy atom. The fraction of sp³-hybridized carbons (Fsp3) is 0.333. The Bertz CT molecular complexity index is 594. The van der Waals surface area contributed by atoms with Crippen molar-refractivity contribution in [2.75, 3.05) is 12.3 Å². The monoisotopic (exact) mass is 254 g/mol. The molecule has 0 fully saturated rings. The molecule has 2 N–H and O–H groups in total. The first-order chi connectivity index (χ1) is 9.22. The average Bonchev–Trinajstić information content (AvgIpc) is 2.39. The van der Waals surface area contributed by atoms with E-state index >= 15 is 0 Å². The Kier molecular flexibility index (Phi) is 3.17. The number of nitrogens with two attached hydrogens (primary N) is 1. The van der Waals surface area contributed by atoms with Crippen LogP contribution in [0.3, 0.4) is 0 Å². The molecule has 0 unspecified atom stereocenters. The quantitative estimate of drug-likeness (QED) is 0.832. The van der Waals surface area contributed by atoms with Crippen LogP contribution in [0.15, 0.2) is 30.5 Å². The van der Waals surface area contributed by atoms with Crippen LogP contribution >= 0.6 is 0 Å². The number of fused-ring (bicyclic) bond motifs is 1. The standard InChI is InChI=1S/C15H18N4/c1-11-17-7-5-13(18-11)10-19-8-6-14-12(9-19)3-2-4-15(14)16/h2-5,7H,6,8-10,16H2,1H3. The first kappa shape index (κ1) is 12.1. The van der Waals surface area contributed by atoms with Gasteiger partial charge in [-0.3, -0.25) is 4.90 Å². The van der Waals surface area contributed by atoms with Crippen LogP contribution in [0.2, 0.25) is 0 Å². The lowest BCUT2D eigenvalue weighted by Crippen LogP contribution is -2.30. The highest BCUT2D eigenvalue weighted by molar-refractivity contribution is 5.51. The number of benzene rings is 1. The molecule has 98 valence electrons. The molecule has 2 heterocycles. The van der Waals surface area contributed by atoms with Crippen molar-refractivity contribution < 1.29 is 0 Å². The van der Waals surface area contributed by atoms with E-state index in [4.69, 9.17) is 5.73 Å². The molecule has 0 bridgehead atoms. The summed E-state index contributed by atoms with van der Waals surface area (Å²) in [6, 6.07) is 8.18. The van der Waals surface area contributed by atoms with Crippen LogP contribution in [0, 0.1) is 6.92 Å². The van der Waals surface area contributed by atoms with Crippen LogP contribution in [0.5, 0.6) is 0 Å². The van der Waals surface area contributed by atoms with E-state index in [9.17, 15) is 0 Å². The molecular weight excluding hydrogens is 236 g/mol. The molecule has 3 rings (SSSR count). The van der Waals surface area contributed by atoms with Crippen molar-refractivity contribution in [3.8, 4) is 0 Å². The van der Waals surface area contributed by atoms with Crippen molar-refractivity contribution in [3.05, 3.63) is 53.1 Å². The second-order valence-corrected chi connectivity index (χ2v) is 5.04. The van der Waals surface area contributed by atoms with E-state index in [0.717, 1.165) is 43.3 Å². The molecule has 0 radical (unpaired) electrons. The molecule has 4 nitrogen and oxygen atoms in total.